The Morgan fingerprint density at radius 3 is 2.67 bits per heavy atom. The van der Waals surface area contributed by atoms with Gasteiger partial charge in [0.25, 0.3) is 5.91 Å². The molecule has 1 fully saturated rings. The van der Waals surface area contributed by atoms with Gasteiger partial charge in [0.05, 0.1) is 17.9 Å². The number of carbonyl (C=O) groups is 2. The highest BCUT2D eigenvalue weighted by atomic mass is 32.1. The van der Waals surface area contributed by atoms with E-state index < -0.39 is 0 Å². The van der Waals surface area contributed by atoms with E-state index in [0.29, 0.717) is 17.3 Å². The van der Waals surface area contributed by atoms with Crippen LogP contribution in [-0.2, 0) is 4.79 Å². The average Bonchev–Trinajstić information content (AvgIpc) is 3.04. The molecule has 144 valence electrons. The molecule has 3 rings (SSSR count). The highest BCUT2D eigenvalue weighted by molar-refractivity contribution is 7.10. The number of hydrogen-bond acceptors (Lipinski definition) is 5. The number of amides is 2. The van der Waals surface area contributed by atoms with Gasteiger partial charge in [-0.2, -0.15) is 0 Å². The van der Waals surface area contributed by atoms with Gasteiger partial charge in [-0.15, -0.1) is 11.3 Å². The van der Waals surface area contributed by atoms with Crippen LogP contribution in [0, 0.1) is 18.8 Å². The zero-order valence-corrected chi connectivity index (χ0v) is 16.8. The maximum Gasteiger partial charge on any atom is 0.275 e. The van der Waals surface area contributed by atoms with Gasteiger partial charge in [-0.1, -0.05) is 20.3 Å². The molecule has 2 N–H and O–H groups in total. The molecule has 7 heteroatoms. The smallest absolute Gasteiger partial charge is 0.275 e. The Labute approximate surface area is 163 Å². The predicted octanol–water partition coefficient (Wildman–Crippen LogP) is 4.10. The lowest BCUT2D eigenvalue weighted by Gasteiger charge is -2.27. The number of anilines is 1. The molecule has 6 nitrogen and oxygen atoms in total. The molecule has 1 saturated carbocycles. The Balaban J connectivity index is 1.68. The van der Waals surface area contributed by atoms with Crippen molar-refractivity contribution in [1.82, 2.24) is 15.3 Å². The molecule has 0 aliphatic heterocycles. The van der Waals surface area contributed by atoms with Crippen molar-refractivity contribution in [3.8, 4) is 0 Å². The molecule has 2 aromatic rings. The van der Waals surface area contributed by atoms with E-state index in [2.05, 4.69) is 34.4 Å². The van der Waals surface area contributed by atoms with Crippen molar-refractivity contribution in [2.45, 2.75) is 52.5 Å². The summed E-state index contributed by atoms with van der Waals surface area (Å²) in [5, 5.41) is 8.48. The number of aryl methyl sites for hydroxylation is 1. The minimum absolute atomic E-state index is 0.110. The third kappa shape index (κ3) is 5.13. The summed E-state index contributed by atoms with van der Waals surface area (Å²) in [4.78, 5) is 33.5. The van der Waals surface area contributed by atoms with Crippen LogP contribution in [0.1, 0.15) is 66.8 Å². The first-order valence-corrected chi connectivity index (χ1v) is 10.3. The van der Waals surface area contributed by atoms with Crippen molar-refractivity contribution in [3.05, 3.63) is 40.1 Å². The van der Waals surface area contributed by atoms with E-state index in [1.165, 1.54) is 11.3 Å². The van der Waals surface area contributed by atoms with Crippen molar-refractivity contribution in [1.29, 1.82) is 0 Å². The van der Waals surface area contributed by atoms with Gasteiger partial charge in [0.1, 0.15) is 10.7 Å². The van der Waals surface area contributed by atoms with Crippen LogP contribution in [0.3, 0.4) is 0 Å². The van der Waals surface area contributed by atoms with Crippen LogP contribution in [0.2, 0.25) is 0 Å². The molecule has 1 aliphatic carbocycles. The number of pyridine rings is 1. The van der Waals surface area contributed by atoms with Crippen LogP contribution in [0.5, 0.6) is 0 Å². The van der Waals surface area contributed by atoms with Gasteiger partial charge in [0.2, 0.25) is 5.91 Å². The van der Waals surface area contributed by atoms with Crippen LogP contribution < -0.4 is 10.6 Å². The molecule has 2 aromatic heterocycles. The summed E-state index contributed by atoms with van der Waals surface area (Å²) < 4.78 is 0. The van der Waals surface area contributed by atoms with Crippen LogP contribution >= 0.6 is 11.3 Å². The van der Waals surface area contributed by atoms with Crippen molar-refractivity contribution < 1.29 is 9.59 Å². The van der Waals surface area contributed by atoms with Gasteiger partial charge < -0.3 is 10.6 Å². The molecule has 2 amide bonds. The Hall–Kier alpha value is -2.28. The lowest BCUT2D eigenvalue weighted by atomic mass is 9.84. The van der Waals surface area contributed by atoms with E-state index in [9.17, 15) is 9.59 Å². The number of thiazole rings is 1. The second kappa shape index (κ2) is 8.61. The highest BCUT2D eigenvalue weighted by Gasteiger charge is 2.29. The minimum Gasteiger partial charge on any atom is -0.347 e. The van der Waals surface area contributed by atoms with Crippen LogP contribution in [0.4, 0.5) is 5.69 Å². The average molecular weight is 387 g/mol. The van der Waals surface area contributed by atoms with Crippen LogP contribution in [0.25, 0.3) is 0 Å². The summed E-state index contributed by atoms with van der Waals surface area (Å²) >= 11 is 1.42. The van der Waals surface area contributed by atoms with Gasteiger partial charge in [-0.25, -0.2) is 4.98 Å². The third-order valence-corrected chi connectivity index (χ3v) is 5.68. The van der Waals surface area contributed by atoms with E-state index in [4.69, 9.17) is 0 Å². The van der Waals surface area contributed by atoms with Crippen molar-refractivity contribution in [2.24, 2.45) is 11.8 Å². The molecular formula is C20H26N4O2S. The van der Waals surface area contributed by atoms with Crippen LogP contribution in [0.15, 0.2) is 23.7 Å². The van der Waals surface area contributed by atoms with E-state index >= 15 is 0 Å². The number of carbonyl (C=O) groups excluding carboxylic acids is 2. The first-order valence-electron chi connectivity index (χ1n) is 9.42. The second-order valence-corrected chi connectivity index (χ2v) is 8.42. The maximum atomic E-state index is 12.5. The molecule has 0 bridgehead atoms. The lowest BCUT2D eigenvalue weighted by Crippen LogP contribution is -2.37. The van der Waals surface area contributed by atoms with E-state index in [1.54, 1.807) is 11.6 Å². The van der Waals surface area contributed by atoms with Crippen LogP contribution in [-0.4, -0.2) is 21.8 Å². The second-order valence-electron chi connectivity index (χ2n) is 7.53. The Morgan fingerprint density at radius 2 is 2.07 bits per heavy atom. The standard InChI is InChI=1S/C20H26N4O2S/c1-12(2)9-16(23-18(25)14-5-4-6-14)20-24-17(11-27-20)19(26)22-15-8-7-13(3)21-10-15/h7-8,10-12,14,16H,4-6,9H2,1-3H3,(H,22,26)(H,23,25)/t16-/m1/s1. The predicted molar refractivity (Wildman–Crippen MR) is 107 cm³/mol. The Morgan fingerprint density at radius 1 is 1.30 bits per heavy atom. The molecule has 0 radical (unpaired) electrons. The van der Waals surface area contributed by atoms with E-state index in [0.717, 1.165) is 36.4 Å². The molecule has 2 heterocycles. The van der Waals surface area contributed by atoms with E-state index in [1.807, 2.05) is 19.1 Å². The van der Waals surface area contributed by atoms with Crippen molar-refractivity contribution >= 4 is 28.8 Å². The Bertz CT molecular complexity index is 797. The van der Waals surface area contributed by atoms with Gasteiger partial charge in [0, 0.05) is 17.0 Å². The number of nitrogens with zero attached hydrogens (tertiary/aromatic N) is 2. The molecule has 0 saturated heterocycles. The monoisotopic (exact) mass is 386 g/mol. The number of hydrogen-bond donors (Lipinski definition) is 2. The van der Waals surface area contributed by atoms with Gasteiger partial charge in [-0.3, -0.25) is 14.6 Å². The number of nitrogens with one attached hydrogen (secondary N) is 2. The number of rotatable bonds is 7. The fraction of sp³-hybridized carbons (Fsp3) is 0.500. The SMILES string of the molecule is Cc1ccc(NC(=O)c2csc([C@@H](CC(C)C)NC(=O)C3CCC3)n2)cn1. The number of aromatic nitrogens is 2. The first kappa shape index (κ1) is 19.5. The summed E-state index contributed by atoms with van der Waals surface area (Å²) in [5.41, 5.74) is 1.89. The molecule has 1 atom stereocenters. The van der Waals surface area contributed by atoms with Gasteiger partial charge >= 0.3 is 0 Å². The van der Waals surface area contributed by atoms with Crippen molar-refractivity contribution in [3.63, 3.8) is 0 Å². The normalized spacial score (nSPS) is 15.3. The van der Waals surface area contributed by atoms with Crippen molar-refractivity contribution in [2.75, 3.05) is 5.32 Å². The lowest BCUT2D eigenvalue weighted by molar-refractivity contribution is -0.128. The van der Waals surface area contributed by atoms with Gasteiger partial charge in [0.15, 0.2) is 0 Å². The largest absolute Gasteiger partial charge is 0.347 e. The molecule has 0 unspecified atom stereocenters. The molecular weight excluding hydrogens is 360 g/mol. The topological polar surface area (TPSA) is 84.0 Å². The fourth-order valence-electron chi connectivity index (χ4n) is 2.94. The fourth-order valence-corrected chi connectivity index (χ4v) is 3.80. The summed E-state index contributed by atoms with van der Waals surface area (Å²) in [6.07, 6.45) is 5.49. The molecule has 0 aromatic carbocycles. The molecule has 0 spiro atoms. The summed E-state index contributed by atoms with van der Waals surface area (Å²) in [7, 11) is 0. The quantitative estimate of drug-likeness (QED) is 0.750. The minimum atomic E-state index is -0.267. The third-order valence-electron chi connectivity index (χ3n) is 4.72. The van der Waals surface area contributed by atoms with Gasteiger partial charge in [-0.05, 0) is 44.2 Å². The molecule has 27 heavy (non-hydrogen) atoms. The summed E-state index contributed by atoms with van der Waals surface area (Å²) in [6, 6.07) is 3.51. The highest BCUT2D eigenvalue weighted by Crippen LogP contribution is 2.30. The first-order chi connectivity index (χ1) is 12.9. The Kier molecular flexibility index (Phi) is 6.21. The van der Waals surface area contributed by atoms with E-state index in [-0.39, 0.29) is 23.8 Å². The molecule has 1 aliphatic rings. The maximum absolute atomic E-state index is 12.5. The zero-order valence-electron chi connectivity index (χ0n) is 16.0. The summed E-state index contributed by atoms with van der Waals surface area (Å²) in [5.74, 6) is 0.392. The summed E-state index contributed by atoms with van der Waals surface area (Å²) in [6.45, 7) is 6.13. The zero-order chi connectivity index (χ0) is 19.4.